The second-order valence-corrected chi connectivity index (χ2v) is 8.85. The van der Waals surface area contributed by atoms with E-state index >= 15 is 0 Å². The van der Waals surface area contributed by atoms with Crippen LogP contribution in [0.15, 0.2) is 84.9 Å². The van der Waals surface area contributed by atoms with E-state index in [0.29, 0.717) is 31.5 Å². The van der Waals surface area contributed by atoms with E-state index in [4.69, 9.17) is 4.74 Å². The van der Waals surface area contributed by atoms with Gasteiger partial charge in [0.25, 0.3) is 0 Å². The Hall–Kier alpha value is -3.81. The molecule has 1 saturated heterocycles. The first-order valence-electron chi connectivity index (χ1n) is 11.7. The van der Waals surface area contributed by atoms with E-state index in [2.05, 4.69) is 5.32 Å². The summed E-state index contributed by atoms with van der Waals surface area (Å²) in [4.78, 5) is 27.7. The molecule has 0 spiro atoms. The van der Waals surface area contributed by atoms with Crippen LogP contribution in [0, 0.1) is 0 Å². The molecule has 2 amide bonds. The minimum Gasteiger partial charge on any atom is -0.445 e. The van der Waals surface area contributed by atoms with Gasteiger partial charge in [-0.3, -0.25) is 4.79 Å². The molecule has 1 heterocycles. The lowest BCUT2D eigenvalue weighted by Crippen LogP contribution is -2.52. The Labute approximate surface area is 207 Å². The van der Waals surface area contributed by atoms with E-state index in [9.17, 15) is 22.8 Å². The van der Waals surface area contributed by atoms with E-state index in [1.165, 1.54) is 12.1 Å². The van der Waals surface area contributed by atoms with Gasteiger partial charge in [-0.15, -0.1) is 0 Å². The number of benzene rings is 3. The van der Waals surface area contributed by atoms with Gasteiger partial charge in [-0.2, -0.15) is 13.2 Å². The predicted octanol–water partition coefficient (Wildman–Crippen LogP) is 5.69. The van der Waals surface area contributed by atoms with Crippen molar-refractivity contribution in [1.82, 2.24) is 10.2 Å². The summed E-state index contributed by atoms with van der Waals surface area (Å²) in [5.41, 5.74) is 0.714. The Morgan fingerprint density at radius 2 is 1.42 bits per heavy atom. The van der Waals surface area contributed by atoms with Crippen LogP contribution >= 0.6 is 0 Å². The Kier molecular flexibility index (Phi) is 7.62. The maximum absolute atomic E-state index is 13.5. The van der Waals surface area contributed by atoms with Gasteiger partial charge in [-0.25, -0.2) is 4.79 Å². The number of nitrogens with zero attached hydrogens (tertiary/aromatic N) is 1. The molecule has 1 N–H and O–H groups in total. The standard InChI is InChI=1S/C28H27F3N2O3/c29-28(30,31)24-13-11-21(12-14-24)19-32-25(34)27(23-9-5-2-6-10-23)15-17-33(18-16-27)26(35)36-20-22-7-3-1-4-8-22/h1-14H,15-20H2,(H,32,34). The number of alkyl halides is 3. The van der Waals surface area contributed by atoms with Gasteiger partial charge >= 0.3 is 12.3 Å². The normalized spacial score (nSPS) is 15.2. The number of nitrogens with one attached hydrogen (secondary N) is 1. The van der Waals surface area contributed by atoms with Crippen LogP contribution in [0.5, 0.6) is 0 Å². The molecule has 3 aromatic carbocycles. The average Bonchev–Trinajstić information content (AvgIpc) is 2.91. The minimum absolute atomic E-state index is 0.106. The van der Waals surface area contributed by atoms with Crippen molar-refractivity contribution in [1.29, 1.82) is 0 Å². The molecule has 0 radical (unpaired) electrons. The highest BCUT2D eigenvalue weighted by atomic mass is 19.4. The van der Waals surface area contributed by atoms with Crippen LogP contribution in [-0.2, 0) is 34.3 Å². The molecule has 1 aliphatic rings. The molecule has 8 heteroatoms. The van der Waals surface area contributed by atoms with Gasteiger partial charge in [0.2, 0.25) is 5.91 Å². The number of carbonyl (C=O) groups excluding carboxylic acids is 2. The molecular weight excluding hydrogens is 469 g/mol. The van der Waals surface area contributed by atoms with Crippen molar-refractivity contribution < 1.29 is 27.5 Å². The smallest absolute Gasteiger partial charge is 0.416 e. The van der Waals surface area contributed by atoms with Crippen molar-refractivity contribution >= 4 is 12.0 Å². The first kappa shape index (κ1) is 25.3. The number of halogens is 3. The van der Waals surface area contributed by atoms with Crippen LogP contribution in [-0.4, -0.2) is 30.0 Å². The Bertz CT molecular complexity index is 1160. The van der Waals surface area contributed by atoms with Crippen LogP contribution in [0.4, 0.5) is 18.0 Å². The summed E-state index contributed by atoms with van der Waals surface area (Å²) in [5.74, 6) is -0.217. The topological polar surface area (TPSA) is 58.6 Å². The lowest BCUT2D eigenvalue weighted by atomic mass is 9.72. The third-order valence-electron chi connectivity index (χ3n) is 6.58. The highest BCUT2D eigenvalue weighted by molar-refractivity contribution is 5.88. The number of likely N-dealkylation sites (tertiary alicyclic amines) is 1. The largest absolute Gasteiger partial charge is 0.445 e. The van der Waals surface area contributed by atoms with Crippen LogP contribution in [0.25, 0.3) is 0 Å². The van der Waals surface area contributed by atoms with Crippen molar-refractivity contribution in [2.24, 2.45) is 0 Å². The van der Waals surface area contributed by atoms with Crippen molar-refractivity contribution in [3.05, 3.63) is 107 Å². The summed E-state index contributed by atoms with van der Waals surface area (Å²) in [6.07, 6.45) is -4.03. The van der Waals surface area contributed by atoms with Crippen LogP contribution in [0.2, 0.25) is 0 Å². The van der Waals surface area contributed by atoms with E-state index < -0.39 is 23.2 Å². The number of hydrogen-bond acceptors (Lipinski definition) is 3. The maximum Gasteiger partial charge on any atom is 0.416 e. The SMILES string of the molecule is O=C(OCc1ccccc1)N1CCC(C(=O)NCc2ccc(C(F)(F)F)cc2)(c2ccccc2)CC1. The van der Waals surface area contributed by atoms with Gasteiger partial charge in [0.15, 0.2) is 0 Å². The molecule has 1 aliphatic heterocycles. The second-order valence-electron chi connectivity index (χ2n) is 8.85. The average molecular weight is 497 g/mol. The fourth-order valence-corrected chi connectivity index (χ4v) is 4.45. The monoisotopic (exact) mass is 496 g/mol. The molecule has 1 fully saturated rings. The number of piperidine rings is 1. The molecule has 3 aromatic rings. The quantitative estimate of drug-likeness (QED) is 0.477. The molecule has 0 atom stereocenters. The molecule has 0 saturated carbocycles. The fraction of sp³-hybridized carbons (Fsp3) is 0.286. The lowest BCUT2D eigenvalue weighted by Gasteiger charge is -2.40. The van der Waals surface area contributed by atoms with E-state index in [-0.39, 0.29) is 19.1 Å². The van der Waals surface area contributed by atoms with Gasteiger partial charge in [-0.05, 0) is 41.7 Å². The third-order valence-corrected chi connectivity index (χ3v) is 6.58. The first-order chi connectivity index (χ1) is 17.3. The molecule has 0 aromatic heterocycles. The fourth-order valence-electron chi connectivity index (χ4n) is 4.45. The Balaban J connectivity index is 1.41. The number of ether oxygens (including phenoxy) is 1. The van der Waals surface area contributed by atoms with E-state index in [1.807, 2.05) is 60.7 Å². The molecule has 5 nitrogen and oxygen atoms in total. The van der Waals surface area contributed by atoms with Crippen molar-refractivity contribution in [3.8, 4) is 0 Å². The molecule has 0 unspecified atom stereocenters. The summed E-state index contributed by atoms with van der Waals surface area (Å²) in [6.45, 7) is 0.967. The molecule has 0 bridgehead atoms. The van der Waals surface area contributed by atoms with Gasteiger partial charge in [-0.1, -0.05) is 72.8 Å². The number of rotatable bonds is 6. The first-order valence-corrected chi connectivity index (χ1v) is 11.7. The van der Waals surface area contributed by atoms with Crippen molar-refractivity contribution in [2.75, 3.05) is 13.1 Å². The van der Waals surface area contributed by atoms with Gasteiger partial charge in [0, 0.05) is 19.6 Å². The van der Waals surface area contributed by atoms with Crippen LogP contribution in [0.3, 0.4) is 0 Å². The van der Waals surface area contributed by atoms with Gasteiger partial charge in [0.1, 0.15) is 6.61 Å². The van der Waals surface area contributed by atoms with Crippen molar-refractivity contribution in [2.45, 2.75) is 37.6 Å². The van der Waals surface area contributed by atoms with Gasteiger partial charge in [0.05, 0.1) is 11.0 Å². The van der Waals surface area contributed by atoms with Crippen LogP contribution in [0.1, 0.15) is 35.1 Å². The molecular formula is C28H27F3N2O3. The highest BCUT2D eigenvalue weighted by Crippen LogP contribution is 2.36. The number of hydrogen-bond donors (Lipinski definition) is 1. The van der Waals surface area contributed by atoms with Gasteiger partial charge < -0.3 is 15.0 Å². The predicted molar refractivity (Wildman–Crippen MR) is 129 cm³/mol. The maximum atomic E-state index is 13.5. The summed E-state index contributed by atoms with van der Waals surface area (Å²) in [6, 6.07) is 23.5. The lowest BCUT2D eigenvalue weighted by molar-refractivity contribution is -0.137. The Morgan fingerprint density at radius 3 is 2.00 bits per heavy atom. The molecule has 0 aliphatic carbocycles. The van der Waals surface area contributed by atoms with Crippen LogP contribution < -0.4 is 5.32 Å². The number of carbonyl (C=O) groups is 2. The zero-order valence-corrected chi connectivity index (χ0v) is 19.6. The third kappa shape index (κ3) is 5.87. The summed E-state index contributed by atoms with van der Waals surface area (Å²) in [5, 5.41) is 2.90. The summed E-state index contributed by atoms with van der Waals surface area (Å²) < 4.78 is 43.9. The van der Waals surface area contributed by atoms with E-state index in [0.717, 1.165) is 23.3 Å². The number of amides is 2. The Morgan fingerprint density at radius 1 is 0.833 bits per heavy atom. The zero-order valence-electron chi connectivity index (χ0n) is 19.6. The summed E-state index contributed by atoms with van der Waals surface area (Å²) >= 11 is 0. The van der Waals surface area contributed by atoms with E-state index in [1.54, 1.807) is 4.90 Å². The molecule has 4 rings (SSSR count). The molecule has 188 valence electrons. The zero-order chi connectivity index (χ0) is 25.6. The molecule has 36 heavy (non-hydrogen) atoms. The van der Waals surface area contributed by atoms with Crippen molar-refractivity contribution in [3.63, 3.8) is 0 Å². The summed E-state index contributed by atoms with van der Waals surface area (Å²) in [7, 11) is 0. The highest BCUT2D eigenvalue weighted by Gasteiger charge is 2.43. The minimum atomic E-state index is -4.41. The second kappa shape index (κ2) is 10.8.